The van der Waals surface area contributed by atoms with Gasteiger partial charge in [0.15, 0.2) is 0 Å². The van der Waals surface area contributed by atoms with Crippen LogP contribution >= 0.6 is 23.1 Å². The third-order valence-electron chi connectivity index (χ3n) is 3.30. The highest BCUT2D eigenvalue weighted by molar-refractivity contribution is 7.98. The molecule has 0 saturated heterocycles. The number of hydrogen-bond acceptors (Lipinski definition) is 4. The van der Waals surface area contributed by atoms with Crippen molar-refractivity contribution in [2.45, 2.75) is 25.4 Å². The standard InChI is InChI=1S/C13H18N2O3S2/c1-19-6-4-10(12(16)17)14-13(18)15-5-2-11-9(8-15)3-7-20-11/h3,7,10H,2,4-6,8H2,1H3,(H,14,18)(H,16,17). The average molecular weight is 314 g/mol. The van der Waals surface area contributed by atoms with Crippen molar-refractivity contribution in [3.05, 3.63) is 21.9 Å². The molecule has 1 aromatic rings. The van der Waals surface area contributed by atoms with Gasteiger partial charge < -0.3 is 15.3 Å². The Morgan fingerprint density at radius 1 is 1.60 bits per heavy atom. The zero-order valence-corrected chi connectivity index (χ0v) is 12.9. The lowest BCUT2D eigenvalue weighted by atomic mass is 10.1. The highest BCUT2D eigenvalue weighted by atomic mass is 32.2. The number of carbonyl (C=O) groups excluding carboxylic acids is 1. The minimum atomic E-state index is -0.972. The summed E-state index contributed by atoms with van der Waals surface area (Å²) in [5, 5.41) is 13.8. The Hall–Kier alpha value is -1.21. The van der Waals surface area contributed by atoms with Crippen LogP contribution in [-0.4, -0.2) is 46.6 Å². The van der Waals surface area contributed by atoms with Gasteiger partial charge in [0, 0.05) is 18.0 Å². The van der Waals surface area contributed by atoms with Gasteiger partial charge in [-0.25, -0.2) is 9.59 Å². The zero-order chi connectivity index (χ0) is 14.5. The van der Waals surface area contributed by atoms with E-state index < -0.39 is 12.0 Å². The van der Waals surface area contributed by atoms with Crippen LogP contribution in [0.5, 0.6) is 0 Å². The number of nitrogens with zero attached hydrogens (tertiary/aromatic N) is 1. The number of nitrogens with one attached hydrogen (secondary N) is 1. The van der Waals surface area contributed by atoms with E-state index in [1.54, 1.807) is 28.0 Å². The molecule has 7 heteroatoms. The van der Waals surface area contributed by atoms with Crippen molar-refractivity contribution in [3.63, 3.8) is 0 Å². The van der Waals surface area contributed by atoms with Gasteiger partial charge in [-0.05, 0) is 41.9 Å². The fourth-order valence-corrected chi connectivity index (χ4v) is 3.52. The van der Waals surface area contributed by atoms with Crippen LogP contribution in [0.4, 0.5) is 4.79 Å². The second-order valence-corrected chi connectivity index (χ2v) is 6.65. The molecule has 0 fully saturated rings. The van der Waals surface area contributed by atoms with E-state index in [4.69, 9.17) is 5.11 Å². The molecule has 0 radical (unpaired) electrons. The van der Waals surface area contributed by atoms with E-state index in [-0.39, 0.29) is 6.03 Å². The Labute approximate surface area is 126 Å². The molecule has 2 amide bonds. The number of urea groups is 1. The second kappa shape index (κ2) is 6.99. The van der Waals surface area contributed by atoms with Crippen LogP contribution in [0.15, 0.2) is 11.4 Å². The molecule has 2 heterocycles. The average Bonchev–Trinajstić information content (AvgIpc) is 2.90. The van der Waals surface area contributed by atoms with Crippen molar-refractivity contribution >= 4 is 35.1 Å². The number of thioether (sulfide) groups is 1. The maximum absolute atomic E-state index is 12.2. The van der Waals surface area contributed by atoms with Gasteiger partial charge in [0.1, 0.15) is 6.04 Å². The van der Waals surface area contributed by atoms with E-state index in [0.29, 0.717) is 25.3 Å². The fourth-order valence-electron chi connectivity index (χ4n) is 2.16. The lowest BCUT2D eigenvalue weighted by Crippen LogP contribution is -2.49. The summed E-state index contributed by atoms with van der Waals surface area (Å²) in [5.74, 6) is -0.257. The molecule has 20 heavy (non-hydrogen) atoms. The number of carboxylic acid groups (broad SMARTS) is 1. The smallest absolute Gasteiger partial charge is 0.326 e. The number of aliphatic carboxylic acids is 1. The first-order valence-electron chi connectivity index (χ1n) is 6.44. The first kappa shape index (κ1) is 15.2. The molecule has 1 aromatic heterocycles. The number of thiophene rings is 1. The Balaban J connectivity index is 1.92. The summed E-state index contributed by atoms with van der Waals surface area (Å²) < 4.78 is 0. The summed E-state index contributed by atoms with van der Waals surface area (Å²) >= 11 is 3.29. The topological polar surface area (TPSA) is 69.6 Å². The lowest BCUT2D eigenvalue weighted by molar-refractivity contribution is -0.139. The van der Waals surface area contributed by atoms with Gasteiger partial charge in [-0.3, -0.25) is 0 Å². The van der Waals surface area contributed by atoms with Gasteiger partial charge in [-0.2, -0.15) is 11.8 Å². The highest BCUT2D eigenvalue weighted by Gasteiger charge is 2.25. The van der Waals surface area contributed by atoms with Gasteiger partial charge in [-0.1, -0.05) is 0 Å². The van der Waals surface area contributed by atoms with E-state index in [2.05, 4.69) is 5.32 Å². The molecule has 1 unspecified atom stereocenters. The van der Waals surface area contributed by atoms with Crippen molar-refractivity contribution in [1.82, 2.24) is 10.2 Å². The SMILES string of the molecule is CSCCC(NC(=O)N1CCc2sccc2C1)C(=O)O. The Kier molecular flexibility index (Phi) is 5.31. The Bertz CT molecular complexity index is 490. The lowest BCUT2D eigenvalue weighted by Gasteiger charge is -2.28. The van der Waals surface area contributed by atoms with Crippen LogP contribution < -0.4 is 5.32 Å². The van der Waals surface area contributed by atoms with Gasteiger partial charge >= 0.3 is 12.0 Å². The Morgan fingerprint density at radius 3 is 3.10 bits per heavy atom. The summed E-state index contributed by atoms with van der Waals surface area (Å²) in [6.45, 7) is 1.22. The first-order valence-corrected chi connectivity index (χ1v) is 8.71. The molecule has 2 N–H and O–H groups in total. The molecule has 5 nitrogen and oxygen atoms in total. The predicted octanol–water partition coefficient (Wildman–Crippen LogP) is 2.02. The molecular formula is C13H18N2O3S2. The van der Waals surface area contributed by atoms with Crippen LogP contribution in [-0.2, 0) is 17.8 Å². The van der Waals surface area contributed by atoms with E-state index in [9.17, 15) is 9.59 Å². The van der Waals surface area contributed by atoms with Gasteiger partial charge in [0.05, 0.1) is 0 Å². The molecule has 0 saturated carbocycles. The molecule has 1 atom stereocenters. The minimum Gasteiger partial charge on any atom is -0.480 e. The third-order valence-corrected chi connectivity index (χ3v) is 4.97. The van der Waals surface area contributed by atoms with Crippen molar-refractivity contribution in [2.75, 3.05) is 18.6 Å². The highest BCUT2D eigenvalue weighted by Crippen LogP contribution is 2.23. The van der Waals surface area contributed by atoms with E-state index in [0.717, 1.165) is 6.42 Å². The number of hydrogen-bond donors (Lipinski definition) is 2. The third kappa shape index (κ3) is 3.67. The maximum Gasteiger partial charge on any atom is 0.326 e. The molecule has 0 aromatic carbocycles. The predicted molar refractivity (Wildman–Crippen MR) is 81.4 cm³/mol. The van der Waals surface area contributed by atoms with E-state index >= 15 is 0 Å². The quantitative estimate of drug-likeness (QED) is 0.872. The number of carboxylic acids is 1. The van der Waals surface area contributed by atoms with Gasteiger partial charge in [-0.15, -0.1) is 11.3 Å². The van der Waals surface area contributed by atoms with Crippen LogP contribution in [0.1, 0.15) is 16.9 Å². The number of amides is 2. The number of carbonyl (C=O) groups is 2. The first-order chi connectivity index (χ1) is 9.61. The summed E-state index contributed by atoms with van der Waals surface area (Å²) in [6, 6.07) is 0.941. The van der Waals surface area contributed by atoms with Crippen LogP contribution in [0.25, 0.3) is 0 Å². The van der Waals surface area contributed by atoms with Crippen molar-refractivity contribution < 1.29 is 14.7 Å². The summed E-state index contributed by atoms with van der Waals surface area (Å²) in [7, 11) is 0. The summed E-state index contributed by atoms with van der Waals surface area (Å²) in [4.78, 5) is 26.3. The zero-order valence-electron chi connectivity index (χ0n) is 11.3. The van der Waals surface area contributed by atoms with Crippen LogP contribution in [0, 0.1) is 0 Å². The molecule has 2 rings (SSSR count). The maximum atomic E-state index is 12.2. The van der Waals surface area contributed by atoms with Crippen LogP contribution in [0.3, 0.4) is 0 Å². The van der Waals surface area contributed by atoms with Crippen molar-refractivity contribution in [2.24, 2.45) is 0 Å². The van der Waals surface area contributed by atoms with Gasteiger partial charge in [0.2, 0.25) is 0 Å². The number of fused-ring (bicyclic) bond motifs is 1. The Morgan fingerprint density at radius 2 is 2.40 bits per heavy atom. The van der Waals surface area contributed by atoms with Crippen molar-refractivity contribution in [3.8, 4) is 0 Å². The summed E-state index contributed by atoms with van der Waals surface area (Å²) in [5.41, 5.74) is 1.17. The molecule has 0 bridgehead atoms. The molecule has 1 aliphatic rings. The molecule has 0 spiro atoms. The normalized spacial score (nSPS) is 15.6. The monoisotopic (exact) mass is 314 g/mol. The van der Waals surface area contributed by atoms with E-state index in [1.807, 2.05) is 17.7 Å². The van der Waals surface area contributed by atoms with Crippen molar-refractivity contribution in [1.29, 1.82) is 0 Å². The molecule has 1 aliphatic heterocycles. The summed E-state index contributed by atoms with van der Waals surface area (Å²) in [6.07, 6.45) is 3.21. The second-order valence-electron chi connectivity index (χ2n) is 4.66. The molecular weight excluding hydrogens is 296 g/mol. The van der Waals surface area contributed by atoms with E-state index in [1.165, 1.54) is 10.4 Å². The minimum absolute atomic E-state index is 0.282. The van der Waals surface area contributed by atoms with Gasteiger partial charge in [0.25, 0.3) is 0 Å². The molecule has 110 valence electrons. The van der Waals surface area contributed by atoms with Crippen LogP contribution in [0.2, 0.25) is 0 Å². The largest absolute Gasteiger partial charge is 0.480 e. The fraction of sp³-hybridized carbons (Fsp3) is 0.538. The molecule has 0 aliphatic carbocycles. The number of rotatable bonds is 5.